The smallest absolute Gasteiger partial charge is 0.239 e. The summed E-state index contributed by atoms with van der Waals surface area (Å²) in [6.45, 7) is 4.33. The number of carbonyl (C=O) groups excluding carboxylic acids is 1. The second-order valence-electron chi connectivity index (χ2n) is 5.67. The number of hydrogen-bond acceptors (Lipinski definition) is 5. The highest BCUT2D eigenvalue weighted by Gasteiger charge is 2.26. The molecule has 1 unspecified atom stereocenters. The van der Waals surface area contributed by atoms with Gasteiger partial charge in [0.2, 0.25) is 15.9 Å². The molecule has 1 aromatic rings. The molecule has 0 aliphatic rings. The number of ether oxygens (including phenoxy) is 1. The molecule has 7 nitrogen and oxygen atoms in total. The van der Waals surface area contributed by atoms with E-state index in [1.54, 1.807) is 31.2 Å². The first kappa shape index (κ1) is 22.5. The molecular weight excluding hydrogens is 354 g/mol. The van der Waals surface area contributed by atoms with Gasteiger partial charge in [-0.15, -0.1) is 12.4 Å². The number of amides is 1. The van der Waals surface area contributed by atoms with Crippen molar-refractivity contribution in [3.63, 3.8) is 0 Å². The minimum Gasteiger partial charge on any atom is -0.492 e. The molecule has 0 spiro atoms. The summed E-state index contributed by atoms with van der Waals surface area (Å²) in [5, 5.41) is 2.74. The van der Waals surface area contributed by atoms with Gasteiger partial charge in [0.1, 0.15) is 12.4 Å². The van der Waals surface area contributed by atoms with Crippen LogP contribution in [0.25, 0.3) is 0 Å². The molecule has 1 atom stereocenters. The molecule has 4 N–H and O–H groups in total. The van der Waals surface area contributed by atoms with E-state index in [2.05, 4.69) is 10.0 Å². The van der Waals surface area contributed by atoms with Crippen LogP contribution in [-0.2, 0) is 14.8 Å². The minimum atomic E-state index is -3.29. The zero-order chi connectivity index (χ0) is 17.5. The third-order valence-electron chi connectivity index (χ3n) is 3.10. The number of carbonyl (C=O) groups is 1. The number of benzene rings is 1. The highest BCUT2D eigenvalue weighted by atomic mass is 35.5. The highest BCUT2D eigenvalue weighted by Crippen LogP contribution is 2.16. The van der Waals surface area contributed by atoms with Crippen LogP contribution in [0.15, 0.2) is 24.3 Å². The third kappa shape index (κ3) is 8.37. The van der Waals surface area contributed by atoms with Gasteiger partial charge >= 0.3 is 0 Å². The second kappa shape index (κ2) is 9.71. The Bertz CT molecular complexity index is 618. The molecule has 138 valence electrons. The Morgan fingerprint density at radius 2 is 1.88 bits per heavy atom. The Hall–Kier alpha value is -1.51. The fourth-order valence-corrected chi connectivity index (χ4v) is 2.57. The average molecular weight is 380 g/mol. The summed E-state index contributed by atoms with van der Waals surface area (Å²) in [5.41, 5.74) is 5.52. The predicted octanol–water partition coefficient (Wildman–Crippen LogP) is 1.49. The Kier molecular flexibility index (Phi) is 9.09. The monoisotopic (exact) mass is 379 g/mol. The van der Waals surface area contributed by atoms with Crippen molar-refractivity contribution in [1.82, 2.24) is 5.32 Å². The summed E-state index contributed by atoms with van der Waals surface area (Å²) < 4.78 is 30.0. The van der Waals surface area contributed by atoms with E-state index in [4.69, 9.17) is 10.5 Å². The topological polar surface area (TPSA) is 111 Å². The van der Waals surface area contributed by atoms with Gasteiger partial charge in [0, 0.05) is 5.69 Å². The zero-order valence-electron chi connectivity index (χ0n) is 14.2. The van der Waals surface area contributed by atoms with Gasteiger partial charge < -0.3 is 15.8 Å². The van der Waals surface area contributed by atoms with Crippen molar-refractivity contribution in [2.45, 2.75) is 32.2 Å². The van der Waals surface area contributed by atoms with Crippen LogP contribution in [0.5, 0.6) is 5.75 Å². The molecule has 0 fully saturated rings. The van der Waals surface area contributed by atoms with Gasteiger partial charge in [-0.3, -0.25) is 9.52 Å². The van der Waals surface area contributed by atoms with Crippen molar-refractivity contribution in [1.29, 1.82) is 0 Å². The second-order valence-corrected chi connectivity index (χ2v) is 7.42. The number of rotatable bonds is 9. The Morgan fingerprint density at radius 3 is 2.38 bits per heavy atom. The van der Waals surface area contributed by atoms with Crippen LogP contribution in [0.1, 0.15) is 26.7 Å². The summed E-state index contributed by atoms with van der Waals surface area (Å²) in [6, 6.07) is 6.51. The van der Waals surface area contributed by atoms with Crippen molar-refractivity contribution in [3.8, 4) is 5.75 Å². The lowest BCUT2D eigenvalue weighted by Crippen LogP contribution is -2.52. The molecule has 1 rings (SSSR count). The zero-order valence-corrected chi connectivity index (χ0v) is 15.8. The molecule has 1 amide bonds. The van der Waals surface area contributed by atoms with Gasteiger partial charge in [-0.05, 0) is 37.6 Å². The molecule has 0 aliphatic heterocycles. The fourth-order valence-electron chi connectivity index (χ4n) is 2.00. The Morgan fingerprint density at radius 1 is 1.29 bits per heavy atom. The van der Waals surface area contributed by atoms with E-state index in [1.165, 1.54) is 0 Å². The van der Waals surface area contributed by atoms with Crippen molar-refractivity contribution in [3.05, 3.63) is 24.3 Å². The first-order valence-electron chi connectivity index (χ1n) is 7.42. The fraction of sp³-hybridized carbons (Fsp3) is 0.533. The van der Waals surface area contributed by atoms with Crippen molar-refractivity contribution in [2.24, 2.45) is 5.73 Å². The largest absolute Gasteiger partial charge is 0.492 e. The number of hydrogen-bond donors (Lipinski definition) is 3. The normalized spacial score (nSPS) is 13.3. The van der Waals surface area contributed by atoms with Gasteiger partial charge in [-0.1, -0.05) is 13.3 Å². The van der Waals surface area contributed by atoms with Crippen LogP contribution < -0.4 is 20.5 Å². The van der Waals surface area contributed by atoms with Crippen molar-refractivity contribution >= 4 is 34.0 Å². The Labute approximate surface area is 149 Å². The maximum absolute atomic E-state index is 11.9. The Balaban J connectivity index is 0.00000529. The first-order chi connectivity index (χ1) is 10.6. The van der Waals surface area contributed by atoms with E-state index in [1.807, 2.05) is 6.92 Å². The maximum Gasteiger partial charge on any atom is 0.239 e. The lowest BCUT2D eigenvalue weighted by molar-refractivity contribution is -0.126. The molecule has 0 radical (unpaired) electrons. The van der Waals surface area contributed by atoms with Crippen LogP contribution >= 0.6 is 12.4 Å². The molecule has 0 bridgehead atoms. The van der Waals surface area contributed by atoms with Gasteiger partial charge in [0.05, 0.1) is 18.3 Å². The van der Waals surface area contributed by atoms with E-state index in [0.717, 1.165) is 12.7 Å². The van der Waals surface area contributed by atoms with Crippen LogP contribution in [0.2, 0.25) is 0 Å². The van der Waals surface area contributed by atoms with E-state index in [-0.39, 0.29) is 18.3 Å². The van der Waals surface area contributed by atoms with E-state index in [0.29, 0.717) is 31.0 Å². The lowest BCUT2D eigenvalue weighted by atomic mass is 9.97. The van der Waals surface area contributed by atoms with Crippen LogP contribution in [-0.4, -0.2) is 39.3 Å². The van der Waals surface area contributed by atoms with Gasteiger partial charge in [0.25, 0.3) is 0 Å². The number of halogens is 1. The summed E-state index contributed by atoms with van der Waals surface area (Å²) in [6.07, 6.45) is 2.54. The van der Waals surface area contributed by atoms with Crippen molar-refractivity contribution in [2.75, 3.05) is 24.1 Å². The average Bonchev–Trinajstić information content (AvgIpc) is 2.43. The molecule has 24 heavy (non-hydrogen) atoms. The van der Waals surface area contributed by atoms with Crippen LogP contribution in [0.3, 0.4) is 0 Å². The molecule has 1 aromatic carbocycles. The lowest BCUT2D eigenvalue weighted by Gasteiger charge is -2.22. The SMILES string of the molecule is CCCC(C)(N)C(=O)NCCOc1ccc(NS(C)(=O)=O)cc1.Cl. The van der Waals surface area contributed by atoms with Crippen LogP contribution in [0, 0.1) is 0 Å². The van der Waals surface area contributed by atoms with E-state index < -0.39 is 15.6 Å². The number of nitrogens with one attached hydrogen (secondary N) is 2. The summed E-state index contributed by atoms with van der Waals surface area (Å²) >= 11 is 0. The van der Waals surface area contributed by atoms with Gasteiger partial charge in [-0.2, -0.15) is 0 Å². The summed E-state index contributed by atoms with van der Waals surface area (Å²) in [7, 11) is -3.29. The van der Waals surface area contributed by atoms with Gasteiger partial charge in [-0.25, -0.2) is 8.42 Å². The summed E-state index contributed by atoms with van der Waals surface area (Å²) in [4.78, 5) is 11.9. The minimum absolute atomic E-state index is 0. The molecule has 0 saturated carbocycles. The quantitative estimate of drug-likeness (QED) is 0.563. The van der Waals surface area contributed by atoms with Gasteiger partial charge in [0.15, 0.2) is 0 Å². The van der Waals surface area contributed by atoms with Crippen LogP contribution in [0.4, 0.5) is 5.69 Å². The molecule has 0 aliphatic carbocycles. The van der Waals surface area contributed by atoms with E-state index >= 15 is 0 Å². The third-order valence-corrected chi connectivity index (χ3v) is 3.71. The molecule has 0 aromatic heterocycles. The predicted molar refractivity (Wildman–Crippen MR) is 98.2 cm³/mol. The first-order valence-corrected chi connectivity index (χ1v) is 9.31. The molecular formula is C15H26ClN3O4S. The summed E-state index contributed by atoms with van der Waals surface area (Å²) in [5.74, 6) is 0.387. The maximum atomic E-state index is 11.9. The van der Waals surface area contributed by atoms with E-state index in [9.17, 15) is 13.2 Å². The highest BCUT2D eigenvalue weighted by molar-refractivity contribution is 7.92. The number of nitrogens with two attached hydrogens (primary N) is 1. The van der Waals surface area contributed by atoms with Crippen molar-refractivity contribution < 1.29 is 17.9 Å². The number of anilines is 1. The molecule has 9 heteroatoms. The molecule has 0 heterocycles. The number of sulfonamides is 1. The standard InChI is InChI=1S/C15H25N3O4S.ClH/c1-4-9-15(2,16)14(19)17-10-11-22-13-7-5-12(6-8-13)18-23(3,20)21;/h5-8,18H,4,9-11,16H2,1-3H3,(H,17,19);1H. The molecule has 0 saturated heterocycles.